The lowest BCUT2D eigenvalue weighted by Gasteiger charge is -2.01. The fraction of sp³-hybridized carbons (Fsp3) is 0.133. The first-order chi connectivity index (χ1) is 19.5. The zero-order chi connectivity index (χ0) is 27.4. The van der Waals surface area contributed by atoms with Gasteiger partial charge in [-0.25, -0.2) is 9.97 Å². The Kier molecular flexibility index (Phi) is 5.41. The smallest absolute Gasteiger partial charge is 0.202 e. The van der Waals surface area contributed by atoms with Gasteiger partial charge in [0.15, 0.2) is 11.6 Å². The quantitative estimate of drug-likeness (QED) is 0.262. The van der Waals surface area contributed by atoms with Gasteiger partial charge in [0.25, 0.3) is 0 Å². The minimum Gasteiger partial charge on any atom is -0.353 e. The molecule has 196 valence electrons. The van der Waals surface area contributed by atoms with Crippen LogP contribution >= 0.6 is 0 Å². The lowest BCUT2D eigenvalue weighted by molar-refractivity contribution is 0.423. The summed E-state index contributed by atoms with van der Waals surface area (Å²) in [5.74, 6) is 2.87. The van der Waals surface area contributed by atoms with Gasteiger partial charge in [0.2, 0.25) is 11.5 Å². The fourth-order valence-electron chi connectivity index (χ4n) is 5.00. The molecule has 8 rings (SSSR count). The minimum atomic E-state index is 0.672. The highest BCUT2D eigenvalue weighted by Crippen LogP contribution is 2.29. The van der Waals surface area contributed by atoms with Crippen molar-refractivity contribution in [3.63, 3.8) is 0 Å². The molecule has 0 saturated carbocycles. The van der Waals surface area contributed by atoms with Gasteiger partial charge in [-0.2, -0.15) is 0 Å². The molecule has 10 heteroatoms. The number of para-hydroxylation sites is 2. The molecule has 8 aromatic rings. The Morgan fingerprint density at radius 2 is 1.20 bits per heavy atom. The van der Waals surface area contributed by atoms with Crippen LogP contribution in [0.4, 0.5) is 0 Å². The maximum Gasteiger partial charge on any atom is 0.202 e. The van der Waals surface area contributed by atoms with E-state index < -0.39 is 0 Å². The summed E-state index contributed by atoms with van der Waals surface area (Å²) in [6.45, 7) is 3.79. The molecule has 6 aromatic heterocycles. The van der Waals surface area contributed by atoms with Gasteiger partial charge < -0.3 is 18.2 Å². The Morgan fingerprint density at radius 3 is 1.85 bits per heavy atom. The van der Waals surface area contributed by atoms with Crippen LogP contribution in [0, 0.1) is 13.8 Å². The standard InChI is InChI=1S/2C15H12N4O/c1-9-7-13(20-18-9)15-17-14-10-5-3-4-6-11(10)16-8-12(14)19(15)2;1-9-7-13(20-18-9)15-17-12-8-16-11-6-4-3-5-10(11)14(12)19(15)2/h2*3-8H,1-2H3. The van der Waals surface area contributed by atoms with Gasteiger partial charge in [-0.3, -0.25) is 9.97 Å². The number of aromatic nitrogens is 8. The zero-order valence-electron chi connectivity index (χ0n) is 22.3. The molecule has 0 aliphatic heterocycles. The maximum atomic E-state index is 5.32. The third-order valence-electron chi connectivity index (χ3n) is 6.93. The summed E-state index contributed by atoms with van der Waals surface area (Å²) in [4.78, 5) is 18.2. The van der Waals surface area contributed by atoms with Gasteiger partial charge >= 0.3 is 0 Å². The van der Waals surface area contributed by atoms with Crippen molar-refractivity contribution in [2.24, 2.45) is 14.1 Å². The van der Waals surface area contributed by atoms with E-state index in [0.717, 1.165) is 66.9 Å². The highest BCUT2D eigenvalue weighted by Gasteiger charge is 2.17. The molecule has 0 bridgehead atoms. The van der Waals surface area contributed by atoms with E-state index in [1.165, 1.54) is 0 Å². The topological polar surface area (TPSA) is 113 Å². The van der Waals surface area contributed by atoms with Gasteiger partial charge in [-0.15, -0.1) is 0 Å². The van der Waals surface area contributed by atoms with Crippen molar-refractivity contribution >= 4 is 43.9 Å². The van der Waals surface area contributed by atoms with E-state index in [2.05, 4.69) is 31.3 Å². The molecular formula is C30H24N8O2. The molecule has 0 fully saturated rings. The van der Waals surface area contributed by atoms with Crippen LogP contribution in [0.5, 0.6) is 0 Å². The monoisotopic (exact) mass is 528 g/mol. The molecule has 0 unspecified atom stereocenters. The molecule has 0 aliphatic rings. The lowest BCUT2D eigenvalue weighted by atomic mass is 10.2. The van der Waals surface area contributed by atoms with E-state index in [9.17, 15) is 0 Å². The number of nitrogens with zero attached hydrogens (tertiary/aromatic N) is 8. The van der Waals surface area contributed by atoms with Gasteiger partial charge in [0.05, 0.1) is 45.8 Å². The molecule has 0 atom stereocenters. The molecule has 40 heavy (non-hydrogen) atoms. The van der Waals surface area contributed by atoms with Gasteiger partial charge in [-0.1, -0.05) is 46.7 Å². The summed E-state index contributed by atoms with van der Waals surface area (Å²) >= 11 is 0. The van der Waals surface area contributed by atoms with Crippen LogP contribution in [-0.2, 0) is 14.1 Å². The minimum absolute atomic E-state index is 0.672. The number of hydrogen-bond acceptors (Lipinski definition) is 8. The number of rotatable bonds is 2. The summed E-state index contributed by atoms with van der Waals surface area (Å²) in [5, 5.41) is 9.98. The SMILES string of the molecule is Cc1cc(-c2nc3c4ccccc4ncc3n2C)on1.Cc1cc(-c2nc3cnc4ccccc4c3n2C)on1. The van der Waals surface area contributed by atoms with E-state index in [-0.39, 0.29) is 0 Å². The third-order valence-corrected chi connectivity index (χ3v) is 6.93. The van der Waals surface area contributed by atoms with Gasteiger partial charge in [0.1, 0.15) is 11.0 Å². The Balaban J connectivity index is 0.000000132. The normalized spacial score (nSPS) is 11.5. The number of imidazole rings is 2. The Labute approximate surface area is 227 Å². The molecule has 0 spiro atoms. The van der Waals surface area contributed by atoms with E-state index in [1.807, 2.05) is 97.9 Å². The summed E-state index contributed by atoms with van der Waals surface area (Å²) < 4.78 is 14.6. The van der Waals surface area contributed by atoms with Gasteiger partial charge in [0, 0.05) is 37.0 Å². The zero-order valence-corrected chi connectivity index (χ0v) is 22.3. The van der Waals surface area contributed by atoms with Crippen molar-refractivity contribution in [3.8, 4) is 23.2 Å². The molecule has 0 amide bonds. The number of benzene rings is 2. The number of fused-ring (bicyclic) bond motifs is 6. The Hall–Kier alpha value is -5.38. The maximum absolute atomic E-state index is 5.32. The lowest BCUT2D eigenvalue weighted by Crippen LogP contribution is -1.92. The van der Waals surface area contributed by atoms with Crippen LogP contribution in [0.1, 0.15) is 11.4 Å². The van der Waals surface area contributed by atoms with E-state index in [1.54, 1.807) is 6.20 Å². The highest BCUT2D eigenvalue weighted by atomic mass is 16.5. The first-order valence-electron chi connectivity index (χ1n) is 12.8. The number of pyridine rings is 2. The fourth-order valence-corrected chi connectivity index (χ4v) is 5.00. The second-order valence-corrected chi connectivity index (χ2v) is 9.67. The number of hydrogen-bond donors (Lipinski definition) is 0. The van der Waals surface area contributed by atoms with Crippen LogP contribution in [0.2, 0.25) is 0 Å². The first-order valence-corrected chi connectivity index (χ1v) is 12.8. The predicted molar refractivity (Wildman–Crippen MR) is 152 cm³/mol. The van der Waals surface area contributed by atoms with Crippen molar-refractivity contribution in [2.45, 2.75) is 13.8 Å². The van der Waals surface area contributed by atoms with Gasteiger partial charge in [-0.05, 0) is 26.0 Å². The molecule has 0 saturated heterocycles. The molecule has 6 heterocycles. The molecule has 2 aromatic carbocycles. The van der Waals surface area contributed by atoms with E-state index in [4.69, 9.17) is 14.0 Å². The van der Waals surface area contributed by atoms with Crippen LogP contribution in [-0.4, -0.2) is 39.4 Å². The van der Waals surface area contributed by atoms with E-state index >= 15 is 0 Å². The second-order valence-electron chi connectivity index (χ2n) is 9.67. The van der Waals surface area contributed by atoms with Crippen molar-refractivity contribution in [1.82, 2.24) is 39.4 Å². The van der Waals surface area contributed by atoms with Crippen molar-refractivity contribution in [2.75, 3.05) is 0 Å². The number of aryl methyl sites for hydroxylation is 4. The summed E-state index contributed by atoms with van der Waals surface area (Å²) in [6, 6.07) is 19.8. The third kappa shape index (κ3) is 3.80. The van der Waals surface area contributed by atoms with Crippen molar-refractivity contribution < 1.29 is 9.05 Å². The average Bonchev–Trinajstić information content (AvgIpc) is 3.75. The molecule has 0 N–H and O–H groups in total. The van der Waals surface area contributed by atoms with Crippen molar-refractivity contribution in [3.05, 3.63) is 84.4 Å². The molecule has 0 aliphatic carbocycles. The predicted octanol–water partition coefficient (Wildman–Crippen LogP) is 6.17. The van der Waals surface area contributed by atoms with E-state index in [0.29, 0.717) is 11.5 Å². The van der Waals surface area contributed by atoms with Crippen molar-refractivity contribution in [1.29, 1.82) is 0 Å². The molecular weight excluding hydrogens is 504 g/mol. The van der Waals surface area contributed by atoms with Crippen LogP contribution in [0.3, 0.4) is 0 Å². The molecule has 0 radical (unpaired) electrons. The Morgan fingerprint density at radius 1 is 0.625 bits per heavy atom. The largest absolute Gasteiger partial charge is 0.353 e. The highest BCUT2D eigenvalue weighted by molar-refractivity contribution is 6.03. The summed E-state index contributed by atoms with van der Waals surface area (Å²) in [5.41, 5.74) is 7.41. The summed E-state index contributed by atoms with van der Waals surface area (Å²) in [6.07, 6.45) is 3.64. The molecule has 10 nitrogen and oxygen atoms in total. The summed E-state index contributed by atoms with van der Waals surface area (Å²) in [7, 11) is 3.94. The van der Waals surface area contributed by atoms with Crippen LogP contribution in [0.15, 0.2) is 82.1 Å². The Bertz CT molecular complexity index is 2140. The average molecular weight is 529 g/mol. The first kappa shape index (κ1) is 23.7. The van der Waals surface area contributed by atoms with Crippen LogP contribution in [0.25, 0.3) is 67.0 Å². The second kappa shape index (κ2) is 9.12. The van der Waals surface area contributed by atoms with Crippen LogP contribution < -0.4 is 0 Å².